The molecule has 1 fully saturated rings. The number of hydrogen-bond acceptors (Lipinski definition) is 8. The molecule has 5 N–H and O–H groups in total. The van der Waals surface area contributed by atoms with Gasteiger partial charge in [0, 0.05) is 31.3 Å². The number of aromatic nitrogens is 1. The summed E-state index contributed by atoms with van der Waals surface area (Å²) in [6.07, 6.45) is 1.10. The van der Waals surface area contributed by atoms with Crippen molar-refractivity contribution in [2.45, 2.75) is 63.1 Å². The van der Waals surface area contributed by atoms with Crippen LogP contribution < -0.4 is 16.8 Å². The number of nitrogens with one attached hydrogen (secondary N) is 1. The number of carbonyl (C=O) groups is 4. The van der Waals surface area contributed by atoms with Crippen molar-refractivity contribution >= 4 is 40.6 Å². The summed E-state index contributed by atoms with van der Waals surface area (Å²) in [5.74, 6) is -2.38. The summed E-state index contributed by atoms with van der Waals surface area (Å²) in [4.78, 5) is 66.7. The third-order valence-corrected chi connectivity index (χ3v) is 9.93. The Hall–Kier alpha value is -6.30. The number of likely N-dealkylation sites (tertiary alicyclic amines) is 1. The molecule has 4 atom stereocenters. The molecule has 1 aliphatic heterocycles. The lowest BCUT2D eigenvalue weighted by atomic mass is 9.84. The lowest BCUT2D eigenvalue weighted by Crippen LogP contribution is -2.53. The summed E-state index contributed by atoms with van der Waals surface area (Å²) < 4.78 is 11.4. The Balaban J connectivity index is 1.27. The van der Waals surface area contributed by atoms with Gasteiger partial charge >= 0.3 is 6.09 Å². The number of hydrogen-bond donors (Lipinski definition) is 3. The van der Waals surface area contributed by atoms with Crippen molar-refractivity contribution < 1.29 is 28.3 Å². The van der Waals surface area contributed by atoms with Crippen LogP contribution in [0.2, 0.25) is 0 Å². The van der Waals surface area contributed by atoms with Crippen LogP contribution in [0, 0.1) is 5.92 Å². The van der Waals surface area contributed by atoms with Crippen LogP contribution in [0.4, 0.5) is 4.79 Å². The summed E-state index contributed by atoms with van der Waals surface area (Å²) in [6.45, 7) is 0.584. The van der Waals surface area contributed by atoms with Crippen LogP contribution in [0.15, 0.2) is 125 Å². The Morgan fingerprint density at radius 1 is 0.855 bits per heavy atom. The topological polar surface area (TPSA) is 183 Å². The molecule has 2 heterocycles. The van der Waals surface area contributed by atoms with E-state index in [9.17, 15) is 19.2 Å². The number of Topliss-reactive ketones (excluding diaryl/α,β-unsaturated/α-hetero) is 2. The van der Waals surface area contributed by atoms with Crippen LogP contribution in [0.25, 0.3) is 11.1 Å². The number of ketones is 2. The van der Waals surface area contributed by atoms with E-state index in [1.807, 2.05) is 91.0 Å². The van der Waals surface area contributed by atoms with E-state index in [1.54, 1.807) is 29.2 Å². The standard InChI is InChI=1S/C43H46N6O6/c44-42(45)46-25-12-19-32(39(51)40-47-34-20-10-11-21-37(34)55-40)27-36(50)38-33(31-17-8-3-9-18-31)24-26-49(38)41(52)35(23-22-29-13-4-1-5-14-29)48-43(53)54-28-30-15-6-2-7-16-30/h1-11,13-18,20-21,32-33,35,38H,12,19,22-28H2,(H,48,53)(H4,44,45,46)/t32-,33-,35-,38+/m1/s1. The summed E-state index contributed by atoms with van der Waals surface area (Å²) in [6, 6.07) is 33.7. The first-order valence-electron chi connectivity index (χ1n) is 18.6. The average molecular weight is 743 g/mol. The second-order valence-electron chi connectivity index (χ2n) is 13.7. The fourth-order valence-corrected chi connectivity index (χ4v) is 7.19. The minimum absolute atomic E-state index is 0.0336. The van der Waals surface area contributed by atoms with Gasteiger partial charge in [-0.25, -0.2) is 9.78 Å². The van der Waals surface area contributed by atoms with Gasteiger partial charge in [-0.3, -0.25) is 19.4 Å². The number of aryl methyl sites for hydroxylation is 1. The highest BCUT2D eigenvalue weighted by Crippen LogP contribution is 2.37. The maximum absolute atomic E-state index is 14.7. The molecule has 0 radical (unpaired) electrons. The van der Waals surface area contributed by atoms with Crippen molar-refractivity contribution in [1.82, 2.24) is 15.2 Å². The van der Waals surface area contributed by atoms with Crippen molar-refractivity contribution in [3.05, 3.63) is 138 Å². The largest absolute Gasteiger partial charge is 0.445 e. The van der Waals surface area contributed by atoms with Gasteiger partial charge in [0.15, 0.2) is 17.3 Å². The number of rotatable bonds is 17. The molecular weight excluding hydrogens is 697 g/mol. The maximum Gasteiger partial charge on any atom is 0.408 e. The zero-order chi connectivity index (χ0) is 38.6. The second-order valence-corrected chi connectivity index (χ2v) is 13.7. The fraction of sp³-hybridized carbons (Fsp3) is 0.302. The molecule has 1 saturated heterocycles. The van der Waals surface area contributed by atoms with E-state index in [0.717, 1.165) is 16.7 Å². The first-order chi connectivity index (χ1) is 26.8. The Labute approximate surface area is 320 Å². The quantitative estimate of drug-likeness (QED) is 0.0448. The lowest BCUT2D eigenvalue weighted by Gasteiger charge is -2.31. The zero-order valence-electron chi connectivity index (χ0n) is 30.6. The van der Waals surface area contributed by atoms with E-state index in [-0.39, 0.29) is 68.4 Å². The number of aliphatic imine (C=N–C) groups is 1. The number of para-hydroxylation sites is 2. The molecule has 2 amide bonds. The predicted molar refractivity (Wildman–Crippen MR) is 209 cm³/mol. The number of carbonyl (C=O) groups excluding carboxylic acids is 4. The summed E-state index contributed by atoms with van der Waals surface area (Å²) >= 11 is 0. The summed E-state index contributed by atoms with van der Waals surface area (Å²) in [5.41, 5.74) is 14.8. The van der Waals surface area contributed by atoms with Gasteiger partial charge < -0.3 is 30.8 Å². The molecule has 12 nitrogen and oxygen atoms in total. The van der Waals surface area contributed by atoms with Gasteiger partial charge in [0.2, 0.25) is 11.7 Å². The highest BCUT2D eigenvalue weighted by molar-refractivity contribution is 6.00. The van der Waals surface area contributed by atoms with Crippen LogP contribution in [0.5, 0.6) is 0 Å². The highest BCUT2D eigenvalue weighted by atomic mass is 16.5. The first kappa shape index (κ1) is 38.4. The molecule has 6 rings (SSSR count). The maximum atomic E-state index is 14.7. The highest BCUT2D eigenvalue weighted by Gasteiger charge is 2.45. The van der Waals surface area contributed by atoms with Crippen LogP contribution in [-0.4, -0.2) is 64.6 Å². The molecule has 0 unspecified atom stereocenters. The molecular formula is C43H46N6O6. The van der Waals surface area contributed by atoms with Crippen LogP contribution in [-0.2, 0) is 27.4 Å². The van der Waals surface area contributed by atoms with Crippen molar-refractivity contribution in [2.75, 3.05) is 13.1 Å². The van der Waals surface area contributed by atoms with Gasteiger partial charge in [0.25, 0.3) is 5.89 Å². The number of nitrogens with two attached hydrogens (primary N) is 2. The Morgan fingerprint density at radius 3 is 2.20 bits per heavy atom. The number of nitrogens with zero attached hydrogens (tertiary/aromatic N) is 3. The van der Waals surface area contributed by atoms with Crippen LogP contribution in [0.1, 0.15) is 65.4 Å². The van der Waals surface area contributed by atoms with Crippen molar-refractivity contribution in [3.8, 4) is 0 Å². The molecule has 0 spiro atoms. The molecule has 1 aliphatic rings. The first-order valence-corrected chi connectivity index (χ1v) is 18.6. The number of ether oxygens (including phenoxy) is 1. The van der Waals surface area contributed by atoms with Crippen molar-refractivity contribution in [1.29, 1.82) is 0 Å². The van der Waals surface area contributed by atoms with Gasteiger partial charge in [-0.15, -0.1) is 0 Å². The minimum Gasteiger partial charge on any atom is -0.445 e. The third kappa shape index (κ3) is 10.2. The average Bonchev–Trinajstić information content (AvgIpc) is 3.86. The monoisotopic (exact) mass is 742 g/mol. The number of guanidine groups is 1. The number of alkyl carbamates (subject to hydrolysis) is 1. The molecule has 284 valence electrons. The SMILES string of the molecule is NC(N)=NCCC[C@H](CC(=O)[C@@H]1[C@@H](c2ccccc2)CCN1C(=O)[C@@H](CCc1ccccc1)NC(=O)OCc1ccccc1)C(=O)c1nc2ccccc2o1. The van der Waals surface area contributed by atoms with E-state index in [4.69, 9.17) is 20.6 Å². The third-order valence-electron chi connectivity index (χ3n) is 9.93. The van der Waals surface area contributed by atoms with E-state index in [0.29, 0.717) is 30.4 Å². The molecule has 5 aromatic rings. The lowest BCUT2D eigenvalue weighted by molar-refractivity contribution is -0.139. The smallest absolute Gasteiger partial charge is 0.408 e. The van der Waals surface area contributed by atoms with Crippen molar-refractivity contribution in [2.24, 2.45) is 22.4 Å². The number of benzene rings is 4. The van der Waals surface area contributed by atoms with Gasteiger partial charge in [0.05, 0.1) is 6.04 Å². The minimum atomic E-state index is -0.981. The molecule has 1 aromatic heterocycles. The second kappa shape index (κ2) is 18.6. The summed E-state index contributed by atoms with van der Waals surface area (Å²) in [7, 11) is 0. The molecule has 12 heteroatoms. The number of oxazole rings is 1. The molecule has 0 aliphatic carbocycles. The van der Waals surface area contributed by atoms with Crippen LogP contribution >= 0.6 is 0 Å². The fourth-order valence-electron chi connectivity index (χ4n) is 7.19. The van der Waals surface area contributed by atoms with Crippen LogP contribution in [0.3, 0.4) is 0 Å². The molecule has 0 bridgehead atoms. The van der Waals surface area contributed by atoms with Gasteiger partial charge in [0.1, 0.15) is 18.2 Å². The van der Waals surface area contributed by atoms with Gasteiger partial charge in [-0.1, -0.05) is 103 Å². The molecule has 55 heavy (non-hydrogen) atoms. The molecule has 4 aromatic carbocycles. The summed E-state index contributed by atoms with van der Waals surface area (Å²) in [5, 5.41) is 2.81. The normalized spacial score (nSPS) is 16.3. The Morgan fingerprint density at radius 2 is 1.51 bits per heavy atom. The van der Waals surface area contributed by atoms with E-state index < -0.39 is 29.9 Å². The Bertz CT molecular complexity index is 2050. The number of amides is 2. The van der Waals surface area contributed by atoms with Gasteiger partial charge in [-0.05, 0) is 60.9 Å². The zero-order valence-corrected chi connectivity index (χ0v) is 30.6. The predicted octanol–water partition coefficient (Wildman–Crippen LogP) is 5.95. The van der Waals surface area contributed by atoms with E-state index >= 15 is 0 Å². The van der Waals surface area contributed by atoms with Gasteiger partial charge in [-0.2, -0.15) is 0 Å². The van der Waals surface area contributed by atoms with Crippen molar-refractivity contribution in [3.63, 3.8) is 0 Å². The van der Waals surface area contributed by atoms with E-state index in [1.165, 1.54) is 0 Å². The number of fused-ring (bicyclic) bond motifs is 1. The Kier molecular flexibility index (Phi) is 13.0. The van der Waals surface area contributed by atoms with E-state index in [2.05, 4.69) is 15.3 Å². The molecule has 0 saturated carbocycles.